The van der Waals surface area contributed by atoms with Crippen LogP contribution in [0.5, 0.6) is 17.2 Å². The Balaban J connectivity index is 1.97. The molecule has 0 aromatic heterocycles. The van der Waals surface area contributed by atoms with Gasteiger partial charge in [0.2, 0.25) is 5.75 Å². The van der Waals surface area contributed by atoms with Crippen molar-refractivity contribution in [2.45, 2.75) is 19.3 Å². The summed E-state index contributed by atoms with van der Waals surface area (Å²) in [7, 11) is 4.46. The number of phenols is 1. The van der Waals surface area contributed by atoms with E-state index in [1.807, 2.05) is 0 Å². The second-order valence-corrected chi connectivity index (χ2v) is 5.82. The Bertz CT molecular complexity index is 796. The molecule has 2 rings (SSSR count). The molecule has 6 nitrogen and oxygen atoms in total. The van der Waals surface area contributed by atoms with Gasteiger partial charge < -0.3 is 25.2 Å². The zero-order valence-corrected chi connectivity index (χ0v) is 15.7. The molecule has 0 aliphatic rings. The summed E-state index contributed by atoms with van der Waals surface area (Å²) >= 11 is 0. The third kappa shape index (κ3) is 5.45. The van der Waals surface area contributed by atoms with Crippen molar-refractivity contribution < 1.29 is 27.8 Å². The molecule has 0 aliphatic heterocycles. The Morgan fingerprint density at radius 1 is 0.964 bits per heavy atom. The normalized spacial score (nSPS) is 11.9. The highest BCUT2D eigenvalue weighted by Gasteiger charge is 2.29. The van der Waals surface area contributed by atoms with Gasteiger partial charge in [0.15, 0.2) is 17.5 Å². The molecule has 152 valence electrons. The molecular formula is C19H22F3N3O3. The van der Waals surface area contributed by atoms with Crippen LogP contribution in [-0.4, -0.2) is 32.3 Å². The maximum absolute atomic E-state index is 12.6. The SMILES string of the molecule is CN=C(NCc1ccc(C(F)(F)F)cc1)NCc1cc(OC)c(O)c(OC)c1. The van der Waals surface area contributed by atoms with Crippen molar-refractivity contribution in [3.63, 3.8) is 0 Å². The molecule has 28 heavy (non-hydrogen) atoms. The van der Waals surface area contributed by atoms with E-state index in [-0.39, 0.29) is 17.2 Å². The molecule has 0 saturated carbocycles. The third-order valence-corrected chi connectivity index (χ3v) is 3.96. The Hall–Kier alpha value is -3.10. The molecule has 0 heterocycles. The van der Waals surface area contributed by atoms with Crippen LogP contribution in [0.1, 0.15) is 16.7 Å². The predicted octanol–water partition coefficient (Wildman–Crippen LogP) is 3.29. The highest BCUT2D eigenvalue weighted by molar-refractivity contribution is 5.79. The Labute approximate surface area is 161 Å². The van der Waals surface area contributed by atoms with Crippen LogP contribution in [-0.2, 0) is 19.3 Å². The van der Waals surface area contributed by atoms with Crippen molar-refractivity contribution >= 4 is 5.96 Å². The minimum Gasteiger partial charge on any atom is -0.502 e. The molecule has 0 unspecified atom stereocenters. The van der Waals surface area contributed by atoms with Crippen molar-refractivity contribution in [3.05, 3.63) is 53.1 Å². The lowest BCUT2D eigenvalue weighted by Crippen LogP contribution is -2.36. The van der Waals surface area contributed by atoms with E-state index in [2.05, 4.69) is 15.6 Å². The average Bonchev–Trinajstić information content (AvgIpc) is 2.68. The lowest BCUT2D eigenvalue weighted by molar-refractivity contribution is -0.137. The van der Waals surface area contributed by atoms with Crippen LogP contribution in [0.3, 0.4) is 0 Å². The summed E-state index contributed by atoms with van der Waals surface area (Å²) in [5.74, 6) is 0.942. The van der Waals surface area contributed by atoms with Gasteiger partial charge in [-0.25, -0.2) is 0 Å². The fourth-order valence-electron chi connectivity index (χ4n) is 2.45. The molecule has 0 radical (unpaired) electrons. The van der Waals surface area contributed by atoms with Crippen molar-refractivity contribution in [2.75, 3.05) is 21.3 Å². The van der Waals surface area contributed by atoms with E-state index in [0.29, 0.717) is 24.6 Å². The number of guanidine groups is 1. The van der Waals surface area contributed by atoms with Gasteiger partial charge in [-0.15, -0.1) is 0 Å². The molecule has 2 aromatic rings. The van der Waals surface area contributed by atoms with Crippen molar-refractivity contribution in [1.29, 1.82) is 0 Å². The van der Waals surface area contributed by atoms with Crippen LogP contribution in [0.4, 0.5) is 13.2 Å². The zero-order valence-electron chi connectivity index (χ0n) is 15.7. The number of ether oxygens (including phenoxy) is 2. The minimum absolute atomic E-state index is 0.0847. The van der Waals surface area contributed by atoms with E-state index in [4.69, 9.17) is 9.47 Å². The van der Waals surface area contributed by atoms with Crippen molar-refractivity contribution in [1.82, 2.24) is 10.6 Å². The van der Waals surface area contributed by atoms with Gasteiger partial charge in [0.25, 0.3) is 0 Å². The number of phenolic OH excluding ortho intramolecular Hbond substituents is 1. The number of methoxy groups -OCH3 is 2. The first kappa shape index (κ1) is 21.2. The Morgan fingerprint density at radius 2 is 1.46 bits per heavy atom. The number of nitrogens with zero attached hydrogens (tertiary/aromatic N) is 1. The summed E-state index contributed by atoms with van der Waals surface area (Å²) < 4.78 is 48.0. The summed E-state index contributed by atoms with van der Waals surface area (Å²) in [6.45, 7) is 0.666. The number of hydrogen-bond donors (Lipinski definition) is 3. The van der Waals surface area contributed by atoms with Gasteiger partial charge in [-0.2, -0.15) is 13.2 Å². The largest absolute Gasteiger partial charge is 0.502 e. The number of hydrogen-bond acceptors (Lipinski definition) is 4. The van der Waals surface area contributed by atoms with Crippen LogP contribution in [0.25, 0.3) is 0 Å². The molecule has 0 fully saturated rings. The number of halogens is 3. The van der Waals surface area contributed by atoms with Crippen LogP contribution < -0.4 is 20.1 Å². The van der Waals surface area contributed by atoms with E-state index in [9.17, 15) is 18.3 Å². The molecule has 0 saturated heterocycles. The van der Waals surface area contributed by atoms with Gasteiger partial charge in [-0.05, 0) is 35.4 Å². The lowest BCUT2D eigenvalue weighted by atomic mass is 10.1. The number of aliphatic imine (C=N–C) groups is 1. The van der Waals surface area contributed by atoms with E-state index in [0.717, 1.165) is 17.7 Å². The van der Waals surface area contributed by atoms with Gasteiger partial charge in [0, 0.05) is 20.1 Å². The molecule has 0 aliphatic carbocycles. The topological polar surface area (TPSA) is 75.1 Å². The first-order chi connectivity index (χ1) is 13.3. The molecule has 0 spiro atoms. The standard InChI is InChI=1S/C19H22F3N3O3/c1-23-18(24-10-12-4-6-14(7-5-12)19(20,21)22)25-11-13-8-15(27-2)17(26)16(9-13)28-3/h4-9,26H,10-11H2,1-3H3,(H2,23,24,25). The van der Waals surface area contributed by atoms with Gasteiger partial charge in [-0.1, -0.05) is 12.1 Å². The van der Waals surface area contributed by atoms with Gasteiger partial charge in [0.05, 0.1) is 19.8 Å². The second kappa shape index (κ2) is 9.20. The predicted molar refractivity (Wildman–Crippen MR) is 99.7 cm³/mol. The van der Waals surface area contributed by atoms with Crippen LogP contribution in [0.2, 0.25) is 0 Å². The van der Waals surface area contributed by atoms with Crippen LogP contribution in [0, 0.1) is 0 Å². The second-order valence-electron chi connectivity index (χ2n) is 5.82. The zero-order chi connectivity index (χ0) is 20.7. The Morgan fingerprint density at radius 3 is 1.89 bits per heavy atom. The van der Waals surface area contributed by atoms with Gasteiger partial charge in [-0.3, -0.25) is 4.99 Å². The average molecular weight is 397 g/mol. The number of aromatic hydroxyl groups is 1. The Kier molecular flexibility index (Phi) is 6.97. The van der Waals surface area contributed by atoms with E-state index >= 15 is 0 Å². The first-order valence-corrected chi connectivity index (χ1v) is 8.33. The van der Waals surface area contributed by atoms with Crippen molar-refractivity contribution in [3.8, 4) is 17.2 Å². The smallest absolute Gasteiger partial charge is 0.416 e. The molecular weight excluding hydrogens is 375 g/mol. The molecule has 0 atom stereocenters. The maximum atomic E-state index is 12.6. The van der Waals surface area contributed by atoms with Crippen LogP contribution >= 0.6 is 0 Å². The molecule has 0 bridgehead atoms. The fraction of sp³-hybridized carbons (Fsp3) is 0.316. The monoisotopic (exact) mass is 397 g/mol. The molecule has 2 aromatic carbocycles. The van der Waals surface area contributed by atoms with E-state index < -0.39 is 11.7 Å². The summed E-state index contributed by atoms with van der Waals surface area (Å²) in [6, 6.07) is 8.24. The minimum atomic E-state index is -4.35. The highest BCUT2D eigenvalue weighted by atomic mass is 19.4. The number of rotatable bonds is 6. The summed E-state index contributed by atoms with van der Waals surface area (Å²) in [5.41, 5.74) is 0.780. The van der Waals surface area contributed by atoms with E-state index in [1.165, 1.54) is 26.4 Å². The summed E-state index contributed by atoms with van der Waals surface area (Å²) in [5, 5.41) is 16.0. The summed E-state index contributed by atoms with van der Waals surface area (Å²) in [6.07, 6.45) is -4.35. The third-order valence-electron chi connectivity index (χ3n) is 3.96. The van der Waals surface area contributed by atoms with Gasteiger partial charge >= 0.3 is 6.18 Å². The quantitative estimate of drug-likeness (QED) is 0.515. The highest BCUT2D eigenvalue weighted by Crippen LogP contribution is 2.37. The lowest BCUT2D eigenvalue weighted by Gasteiger charge is -2.15. The maximum Gasteiger partial charge on any atom is 0.416 e. The van der Waals surface area contributed by atoms with E-state index in [1.54, 1.807) is 19.2 Å². The fourth-order valence-corrected chi connectivity index (χ4v) is 2.45. The molecule has 9 heteroatoms. The first-order valence-electron chi connectivity index (χ1n) is 8.33. The number of nitrogens with one attached hydrogen (secondary N) is 2. The van der Waals surface area contributed by atoms with Crippen molar-refractivity contribution in [2.24, 2.45) is 4.99 Å². The van der Waals surface area contributed by atoms with Gasteiger partial charge in [0.1, 0.15) is 0 Å². The molecule has 3 N–H and O–H groups in total. The number of alkyl halides is 3. The van der Waals surface area contributed by atoms with Crippen LogP contribution in [0.15, 0.2) is 41.4 Å². The number of benzene rings is 2. The molecule has 0 amide bonds. The summed E-state index contributed by atoms with van der Waals surface area (Å²) in [4.78, 5) is 4.08.